The zero-order chi connectivity index (χ0) is 21.7. The zero-order valence-corrected chi connectivity index (χ0v) is 17.6. The highest BCUT2D eigenvalue weighted by Gasteiger charge is 2.31. The molecule has 4 aromatic heterocycles. The number of carbonyl (C=O) groups excluding carboxylic acids is 1. The highest BCUT2D eigenvalue weighted by molar-refractivity contribution is 5.93. The smallest absolute Gasteiger partial charge is 0.224 e. The molecule has 2 fully saturated rings. The van der Waals surface area contributed by atoms with Crippen molar-refractivity contribution in [2.75, 3.05) is 11.9 Å². The SMILES string of the molecule is O=C1CCCN1C1CCC(Nc2ncc3c(-c4cc(F)c5nccn5c4)c[nH]c3n2)CC1. The van der Waals surface area contributed by atoms with Crippen molar-refractivity contribution in [3.63, 3.8) is 0 Å². The van der Waals surface area contributed by atoms with Crippen LogP contribution < -0.4 is 5.32 Å². The first kappa shape index (κ1) is 19.2. The number of nitrogens with one attached hydrogen (secondary N) is 2. The molecular formula is C23H24FN7O. The minimum Gasteiger partial charge on any atom is -0.351 e. The molecule has 2 aliphatic rings. The summed E-state index contributed by atoms with van der Waals surface area (Å²) in [7, 11) is 0. The minimum atomic E-state index is -0.368. The number of hydrogen-bond acceptors (Lipinski definition) is 5. The Bertz CT molecular complexity index is 1300. The Balaban J connectivity index is 1.18. The van der Waals surface area contributed by atoms with Crippen LogP contribution in [0.3, 0.4) is 0 Å². The topological polar surface area (TPSA) is 91.2 Å². The van der Waals surface area contributed by atoms with E-state index in [2.05, 4.69) is 30.2 Å². The molecule has 164 valence electrons. The van der Waals surface area contributed by atoms with Crippen LogP contribution in [-0.2, 0) is 4.79 Å². The van der Waals surface area contributed by atoms with Gasteiger partial charge in [0.1, 0.15) is 5.65 Å². The largest absolute Gasteiger partial charge is 0.351 e. The molecular weight excluding hydrogens is 409 g/mol. The fourth-order valence-electron chi connectivity index (χ4n) is 5.12. The summed E-state index contributed by atoms with van der Waals surface area (Å²) in [6, 6.07) is 2.17. The summed E-state index contributed by atoms with van der Waals surface area (Å²) in [6.07, 6.45) is 14.5. The van der Waals surface area contributed by atoms with Crippen LogP contribution in [0.4, 0.5) is 10.3 Å². The van der Waals surface area contributed by atoms with E-state index in [1.54, 1.807) is 23.0 Å². The second-order valence-electron chi connectivity index (χ2n) is 8.73. The summed E-state index contributed by atoms with van der Waals surface area (Å²) in [5.74, 6) is 0.528. The van der Waals surface area contributed by atoms with E-state index < -0.39 is 0 Å². The summed E-state index contributed by atoms with van der Waals surface area (Å²) in [5.41, 5.74) is 2.59. The molecule has 1 aliphatic carbocycles. The number of halogens is 1. The van der Waals surface area contributed by atoms with Crippen LogP contribution in [0.25, 0.3) is 27.8 Å². The third-order valence-corrected chi connectivity index (χ3v) is 6.77. The molecule has 1 saturated heterocycles. The first-order valence-electron chi connectivity index (χ1n) is 11.2. The second-order valence-corrected chi connectivity index (χ2v) is 8.73. The number of rotatable bonds is 4. The van der Waals surface area contributed by atoms with E-state index in [0.29, 0.717) is 41.7 Å². The lowest BCUT2D eigenvalue weighted by atomic mass is 9.90. The zero-order valence-electron chi connectivity index (χ0n) is 17.6. The van der Waals surface area contributed by atoms with Crippen molar-refractivity contribution < 1.29 is 9.18 Å². The van der Waals surface area contributed by atoms with Crippen LogP contribution in [0.1, 0.15) is 38.5 Å². The first-order chi connectivity index (χ1) is 15.7. The number of aromatic amines is 1. The predicted molar refractivity (Wildman–Crippen MR) is 119 cm³/mol. The van der Waals surface area contributed by atoms with Crippen molar-refractivity contribution in [1.82, 2.24) is 29.2 Å². The van der Waals surface area contributed by atoms with Crippen molar-refractivity contribution in [2.45, 2.75) is 50.6 Å². The molecule has 0 unspecified atom stereocenters. The van der Waals surface area contributed by atoms with Gasteiger partial charge in [0.2, 0.25) is 11.9 Å². The monoisotopic (exact) mass is 433 g/mol. The van der Waals surface area contributed by atoms with Gasteiger partial charge in [-0.3, -0.25) is 4.79 Å². The quantitative estimate of drug-likeness (QED) is 0.511. The normalized spacial score (nSPS) is 21.7. The molecule has 0 spiro atoms. The molecule has 1 amide bonds. The van der Waals surface area contributed by atoms with Crippen molar-refractivity contribution in [2.24, 2.45) is 0 Å². The Morgan fingerprint density at radius 1 is 1.19 bits per heavy atom. The molecule has 1 saturated carbocycles. The van der Waals surface area contributed by atoms with Gasteiger partial charge in [-0.05, 0) is 38.2 Å². The highest BCUT2D eigenvalue weighted by Crippen LogP contribution is 2.31. The summed E-state index contributed by atoms with van der Waals surface area (Å²) >= 11 is 0. The Kier molecular flexibility index (Phi) is 4.55. The highest BCUT2D eigenvalue weighted by atomic mass is 19.1. The van der Waals surface area contributed by atoms with Gasteiger partial charge in [-0.25, -0.2) is 14.4 Å². The molecule has 0 radical (unpaired) electrons. The number of amides is 1. The lowest BCUT2D eigenvalue weighted by Gasteiger charge is -2.34. The second kappa shape index (κ2) is 7.58. The number of pyridine rings is 1. The van der Waals surface area contributed by atoms with Crippen molar-refractivity contribution in [3.05, 3.63) is 42.9 Å². The maximum Gasteiger partial charge on any atom is 0.224 e. The van der Waals surface area contributed by atoms with Crippen LogP contribution in [0.2, 0.25) is 0 Å². The third kappa shape index (κ3) is 3.28. The molecule has 5 heterocycles. The van der Waals surface area contributed by atoms with Crippen LogP contribution >= 0.6 is 0 Å². The molecule has 1 aliphatic heterocycles. The molecule has 0 bridgehead atoms. The van der Waals surface area contributed by atoms with Gasteiger partial charge in [-0.1, -0.05) is 0 Å². The van der Waals surface area contributed by atoms with Gasteiger partial charge in [0.15, 0.2) is 11.5 Å². The van der Waals surface area contributed by atoms with Crippen molar-refractivity contribution in [1.29, 1.82) is 0 Å². The number of likely N-dealkylation sites (tertiary alicyclic amines) is 1. The Labute approximate surface area is 183 Å². The Hall–Kier alpha value is -3.49. The number of imidazole rings is 1. The number of nitrogens with zero attached hydrogens (tertiary/aromatic N) is 5. The molecule has 9 heteroatoms. The molecule has 32 heavy (non-hydrogen) atoms. The molecule has 0 aromatic carbocycles. The van der Waals surface area contributed by atoms with Crippen LogP contribution in [0.5, 0.6) is 0 Å². The number of anilines is 1. The van der Waals surface area contributed by atoms with E-state index in [1.807, 2.05) is 12.4 Å². The molecule has 0 atom stereocenters. The average molecular weight is 433 g/mol. The average Bonchev–Trinajstić information content (AvgIpc) is 3.53. The fraction of sp³-hybridized carbons (Fsp3) is 0.391. The Morgan fingerprint density at radius 2 is 2.06 bits per heavy atom. The minimum absolute atomic E-state index is 0.300. The lowest BCUT2D eigenvalue weighted by Crippen LogP contribution is -2.41. The summed E-state index contributed by atoms with van der Waals surface area (Å²) < 4.78 is 16.1. The van der Waals surface area contributed by atoms with Crippen LogP contribution in [0, 0.1) is 5.82 Å². The summed E-state index contributed by atoms with van der Waals surface area (Å²) in [4.78, 5) is 30.5. The van der Waals surface area contributed by atoms with E-state index in [4.69, 9.17) is 0 Å². The van der Waals surface area contributed by atoms with Gasteiger partial charge >= 0.3 is 0 Å². The van der Waals surface area contributed by atoms with E-state index >= 15 is 0 Å². The van der Waals surface area contributed by atoms with Crippen molar-refractivity contribution >= 4 is 28.5 Å². The Morgan fingerprint density at radius 3 is 2.88 bits per heavy atom. The number of H-pyrrole nitrogens is 1. The summed E-state index contributed by atoms with van der Waals surface area (Å²) in [5, 5.41) is 4.29. The van der Waals surface area contributed by atoms with Crippen molar-refractivity contribution in [3.8, 4) is 11.1 Å². The summed E-state index contributed by atoms with van der Waals surface area (Å²) in [6.45, 7) is 0.911. The van der Waals surface area contributed by atoms with Gasteiger partial charge in [-0.2, -0.15) is 4.98 Å². The first-order valence-corrected chi connectivity index (χ1v) is 11.2. The number of fused-ring (bicyclic) bond motifs is 2. The van der Waals surface area contributed by atoms with Gasteiger partial charge in [-0.15, -0.1) is 0 Å². The number of carbonyl (C=O) groups is 1. The number of hydrogen-bond donors (Lipinski definition) is 2. The molecule has 8 nitrogen and oxygen atoms in total. The fourth-order valence-corrected chi connectivity index (χ4v) is 5.12. The standard InChI is InChI=1S/C23H24FN7O/c24-19-10-14(13-30-9-7-25-22(19)30)17-11-26-21-18(17)12-27-23(29-21)28-15-3-5-16(6-4-15)31-8-1-2-20(31)32/h7,9-13,15-16H,1-6,8H2,(H2,26,27,28,29). The van der Waals surface area contributed by atoms with Gasteiger partial charge in [0.25, 0.3) is 0 Å². The van der Waals surface area contributed by atoms with Crippen LogP contribution in [-0.4, -0.2) is 53.8 Å². The van der Waals surface area contributed by atoms with Crippen LogP contribution in [0.15, 0.2) is 37.1 Å². The van der Waals surface area contributed by atoms with E-state index in [-0.39, 0.29) is 5.82 Å². The molecule has 6 rings (SSSR count). The molecule has 2 N–H and O–H groups in total. The number of aromatic nitrogens is 5. The van der Waals surface area contributed by atoms with E-state index in [1.165, 1.54) is 6.07 Å². The van der Waals surface area contributed by atoms with Gasteiger partial charge in [0, 0.05) is 72.5 Å². The van der Waals surface area contributed by atoms with E-state index in [0.717, 1.165) is 55.2 Å². The maximum absolute atomic E-state index is 14.4. The predicted octanol–water partition coefficient (Wildman–Crippen LogP) is 3.76. The van der Waals surface area contributed by atoms with E-state index in [9.17, 15) is 9.18 Å². The van der Waals surface area contributed by atoms with Gasteiger partial charge in [0.05, 0.1) is 0 Å². The molecule has 4 aromatic rings. The van der Waals surface area contributed by atoms with Gasteiger partial charge < -0.3 is 19.6 Å². The lowest BCUT2D eigenvalue weighted by molar-refractivity contribution is -0.130. The third-order valence-electron chi connectivity index (χ3n) is 6.77. The maximum atomic E-state index is 14.4.